The Morgan fingerprint density at radius 1 is 1.15 bits per heavy atom. The first-order valence-corrected chi connectivity index (χ1v) is 4.74. The maximum atomic E-state index is 11.6. The summed E-state index contributed by atoms with van der Waals surface area (Å²) in [5.74, 6) is 0.266. The molecule has 0 unspecified atom stereocenters. The quantitative estimate of drug-likeness (QED) is 0.656. The minimum atomic E-state index is 0.266. The minimum absolute atomic E-state index is 0.266. The molecule has 0 aromatic heterocycles. The second kappa shape index (κ2) is 3.60. The first kappa shape index (κ1) is 8.30. The Bertz CT molecular complexity index is 320. The maximum Gasteiger partial charge on any atom is 0.164 e. The summed E-state index contributed by atoms with van der Waals surface area (Å²) in [7, 11) is 0. The highest BCUT2D eigenvalue weighted by atomic mass is 16.1. The van der Waals surface area contributed by atoms with Gasteiger partial charge in [0, 0.05) is 24.2 Å². The number of carbonyl (C=O) groups excluding carboxylic acids is 1. The number of nitrogens with one attached hydrogen (secondary N) is 1. The highest BCUT2D eigenvalue weighted by Gasteiger charge is 2.12. The molecule has 0 amide bonds. The molecule has 2 rings (SSSR count). The zero-order valence-electron chi connectivity index (χ0n) is 7.55. The highest BCUT2D eigenvalue weighted by molar-refractivity contribution is 6.01. The predicted molar refractivity (Wildman–Crippen MR) is 53.1 cm³/mol. The van der Waals surface area contributed by atoms with Crippen molar-refractivity contribution in [2.45, 2.75) is 19.3 Å². The lowest BCUT2D eigenvalue weighted by atomic mass is 10.0. The highest BCUT2D eigenvalue weighted by Crippen LogP contribution is 2.20. The van der Waals surface area contributed by atoms with Crippen molar-refractivity contribution in [2.75, 3.05) is 11.9 Å². The first-order valence-electron chi connectivity index (χ1n) is 4.74. The van der Waals surface area contributed by atoms with Gasteiger partial charge in [-0.3, -0.25) is 4.79 Å². The van der Waals surface area contributed by atoms with E-state index >= 15 is 0 Å². The van der Waals surface area contributed by atoms with Gasteiger partial charge in [-0.15, -0.1) is 0 Å². The van der Waals surface area contributed by atoms with E-state index in [9.17, 15) is 4.79 Å². The van der Waals surface area contributed by atoms with Gasteiger partial charge in [-0.25, -0.2) is 0 Å². The molecule has 1 aliphatic heterocycles. The van der Waals surface area contributed by atoms with Gasteiger partial charge in [0.25, 0.3) is 0 Å². The van der Waals surface area contributed by atoms with Crippen molar-refractivity contribution in [2.24, 2.45) is 0 Å². The van der Waals surface area contributed by atoms with Crippen molar-refractivity contribution in [3.8, 4) is 0 Å². The Kier molecular flexibility index (Phi) is 2.30. The van der Waals surface area contributed by atoms with Crippen LogP contribution in [0.1, 0.15) is 29.6 Å². The van der Waals surface area contributed by atoms with Crippen LogP contribution in [0.15, 0.2) is 24.3 Å². The molecule has 1 N–H and O–H groups in total. The molecule has 0 atom stereocenters. The van der Waals surface area contributed by atoms with Gasteiger partial charge in [0.1, 0.15) is 0 Å². The smallest absolute Gasteiger partial charge is 0.164 e. The third-order valence-corrected chi connectivity index (χ3v) is 2.37. The van der Waals surface area contributed by atoms with Gasteiger partial charge in [-0.05, 0) is 25.0 Å². The Hall–Kier alpha value is -1.31. The molecule has 1 heterocycles. The minimum Gasteiger partial charge on any atom is -0.384 e. The van der Waals surface area contributed by atoms with E-state index in [0.717, 1.165) is 30.6 Å². The van der Waals surface area contributed by atoms with Crippen LogP contribution in [-0.2, 0) is 0 Å². The molecular formula is C11H13NO. The zero-order valence-corrected chi connectivity index (χ0v) is 7.55. The number of ketones is 1. The fourth-order valence-corrected chi connectivity index (χ4v) is 1.65. The van der Waals surface area contributed by atoms with Crippen LogP contribution in [0.2, 0.25) is 0 Å². The van der Waals surface area contributed by atoms with Crippen molar-refractivity contribution in [1.82, 2.24) is 0 Å². The second-order valence-electron chi connectivity index (χ2n) is 3.35. The topological polar surface area (TPSA) is 29.1 Å². The monoisotopic (exact) mass is 175 g/mol. The third kappa shape index (κ3) is 1.72. The van der Waals surface area contributed by atoms with Crippen molar-refractivity contribution in [3.05, 3.63) is 29.8 Å². The molecule has 0 fully saturated rings. The van der Waals surface area contributed by atoms with Crippen molar-refractivity contribution in [3.63, 3.8) is 0 Å². The Labute approximate surface area is 78.0 Å². The van der Waals surface area contributed by atoms with E-state index in [4.69, 9.17) is 0 Å². The van der Waals surface area contributed by atoms with Crippen LogP contribution >= 0.6 is 0 Å². The summed E-state index contributed by atoms with van der Waals surface area (Å²) in [6.07, 6.45) is 2.78. The van der Waals surface area contributed by atoms with E-state index in [1.807, 2.05) is 24.3 Å². The van der Waals surface area contributed by atoms with Gasteiger partial charge in [0.15, 0.2) is 5.78 Å². The molecular weight excluding hydrogens is 162 g/mol. The number of fused-ring (bicyclic) bond motifs is 1. The molecule has 0 radical (unpaired) electrons. The molecule has 2 nitrogen and oxygen atoms in total. The van der Waals surface area contributed by atoms with Gasteiger partial charge >= 0.3 is 0 Å². The van der Waals surface area contributed by atoms with E-state index in [-0.39, 0.29) is 5.78 Å². The van der Waals surface area contributed by atoms with Gasteiger partial charge in [-0.1, -0.05) is 12.1 Å². The summed E-state index contributed by atoms with van der Waals surface area (Å²) < 4.78 is 0. The maximum absolute atomic E-state index is 11.6. The molecule has 1 aromatic rings. The van der Waals surface area contributed by atoms with Gasteiger partial charge in [0.2, 0.25) is 0 Å². The Balaban J connectivity index is 2.37. The Morgan fingerprint density at radius 3 is 2.92 bits per heavy atom. The van der Waals surface area contributed by atoms with E-state index in [0.29, 0.717) is 6.42 Å². The van der Waals surface area contributed by atoms with Crippen LogP contribution in [0.5, 0.6) is 0 Å². The molecule has 0 saturated heterocycles. The van der Waals surface area contributed by atoms with Crippen LogP contribution in [0, 0.1) is 0 Å². The van der Waals surface area contributed by atoms with E-state index in [2.05, 4.69) is 5.32 Å². The van der Waals surface area contributed by atoms with Crippen LogP contribution in [0.25, 0.3) is 0 Å². The molecule has 0 saturated carbocycles. The molecule has 2 heteroatoms. The number of hydrogen-bond donors (Lipinski definition) is 1. The van der Waals surface area contributed by atoms with Crippen LogP contribution in [-0.4, -0.2) is 12.3 Å². The number of hydrogen-bond acceptors (Lipinski definition) is 2. The lowest BCUT2D eigenvalue weighted by Gasteiger charge is -2.14. The number of anilines is 1. The normalized spacial score (nSPS) is 16.8. The number of para-hydroxylation sites is 1. The second-order valence-corrected chi connectivity index (χ2v) is 3.35. The van der Waals surface area contributed by atoms with E-state index in [1.54, 1.807) is 0 Å². The molecule has 0 bridgehead atoms. The average Bonchev–Trinajstić information content (AvgIpc) is 2.14. The lowest BCUT2D eigenvalue weighted by Crippen LogP contribution is -2.11. The molecule has 13 heavy (non-hydrogen) atoms. The number of Topliss-reactive ketones (excluding diaryl/α,β-unsaturated/α-hetero) is 1. The number of benzene rings is 1. The number of rotatable bonds is 0. The fraction of sp³-hybridized carbons (Fsp3) is 0.364. The fourth-order valence-electron chi connectivity index (χ4n) is 1.65. The molecule has 1 aromatic carbocycles. The van der Waals surface area contributed by atoms with Gasteiger partial charge in [-0.2, -0.15) is 0 Å². The largest absolute Gasteiger partial charge is 0.384 e. The van der Waals surface area contributed by atoms with Gasteiger partial charge in [0.05, 0.1) is 0 Å². The number of carbonyl (C=O) groups is 1. The SMILES string of the molecule is O=C1CCCCNc2ccccc21. The van der Waals surface area contributed by atoms with Crippen molar-refractivity contribution in [1.29, 1.82) is 0 Å². The Morgan fingerprint density at radius 2 is 2.00 bits per heavy atom. The van der Waals surface area contributed by atoms with Crippen LogP contribution in [0.4, 0.5) is 5.69 Å². The summed E-state index contributed by atoms with van der Waals surface area (Å²) in [5.41, 5.74) is 1.84. The summed E-state index contributed by atoms with van der Waals surface area (Å²) in [6, 6.07) is 7.75. The average molecular weight is 175 g/mol. The van der Waals surface area contributed by atoms with Crippen LogP contribution in [0.3, 0.4) is 0 Å². The van der Waals surface area contributed by atoms with E-state index < -0.39 is 0 Å². The van der Waals surface area contributed by atoms with Crippen molar-refractivity contribution >= 4 is 11.5 Å². The summed E-state index contributed by atoms with van der Waals surface area (Å²) >= 11 is 0. The van der Waals surface area contributed by atoms with Crippen LogP contribution < -0.4 is 5.32 Å². The van der Waals surface area contributed by atoms with E-state index in [1.165, 1.54) is 0 Å². The molecule has 0 spiro atoms. The molecule has 0 aliphatic carbocycles. The zero-order chi connectivity index (χ0) is 9.10. The summed E-state index contributed by atoms with van der Waals surface area (Å²) in [6.45, 7) is 0.976. The first-order chi connectivity index (χ1) is 6.38. The van der Waals surface area contributed by atoms with Gasteiger partial charge < -0.3 is 5.32 Å². The summed E-state index contributed by atoms with van der Waals surface area (Å²) in [4.78, 5) is 11.6. The third-order valence-electron chi connectivity index (χ3n) is 2.37. The lowest BCUT2D eigenvalue weighted by molar-refractivity contribution is 0.0979. The predicted octanol–water partition coefficient (Wildman–Crippen LogP) is 2.47. The standard InChI is InChI=1S/C11H13NO/c13-11-7-3-4-8-12-10-6-2-1-5-9(10)11/h1-2,5-6,12H,3-4,7-8H2. The molecule has 68 valence electrons. The molecule has 1 aliphatic rings. The summed E-state index contributed by atoms with van der Waals surface area (Å²) in [5, 5.41) is 3.27. The van der Waals surface area contributed by atoms with Crippen molar-refractivity contribution < 1.29 is 4.79 Å².